The first-order valence-corrected chi connectivity index (χ1v) is 9.68. The van der Waals surface area contributed by atoms with Crippen LogP contribution in [0.4, 0.5) is 0 Å². The molecule has 0 heterocycles. The zero-order chi connectivity index (χ0) is 15.8. The Bertz CT molecular complexity index is 282. The van der Waals surface area contributed by atoms with Crippen molar-refractivity contribution in [2.45, 2.75) is 77.6 Å². The van der Waals surface area contributed by atoms with Crippen LogP contribution < -0.4 is 0 Å². The van der Waals surface area contributed by atoms with Crippen molar-refractivity contribution >= 4 is 0 Å². The van der Waals surface area contributed by atoms with Crippen molar-refractivity contribution in [2.75, 3.05) is 27.4 Å². The first-order valence-electron chi connectivity index (χ1n) is 9.68. The largest absolute Gasteiger partial charge is 0.384 e. The molecule has 0 aromatic carbocycles. The molecule has 0 radical (unpaired) electrons. The van der Waals surface area contributed by atoms with E-state index in [2.05, 4.69) is 6.92 Å². The van der Waals surface area contributed by atoms with Crippen LogP contribution >= 0.6 is 0 Å². The first kappa shape index (κ1) is 18.3. The number of hydrogen-bond acceptors (Lipinski definition) is 2. The van der Waals surface area contributed by atoms with E-state index in [9.17, 15) is 0 Å². The van der Waals surface area contributed by atoms with Crippen molar-refractivity contribution in [2.24, 2.45) is 23.2 Å². The molecule has 0 spiro atoms. The lowest BCUT2D eigenvalue weighted by Gasteiger charge is -2.44. The van der Waals surface area contributed by atoms with Crippen LogP contribution in [0.2, 0.25) is 0 Å². The van der Waals surface area contributed by atoms with Crippen molar-refractivity contribution in [1.82, 2.24) is 0 Å². The van der Waals surface area contributed by atoms with Gasteiger partial charge < -0.3 is 9.47 Å². The molecule has 0 aliphatic heterocycles. The molecule has 0 aromatic heterocycles. The van der Waals surface area contributed by atoms with Gasteiger partial charge in [0.15, 0.2) is 0 Å². The number of methoxy groups -OCH3 is 2. The lowest BCUT2D eigenvalue weighted by molar-refractivity contribution is -0.0534. The summed E-state index contributed by atoms with van der Waals surface area (Å²) in [5.74, 6) is 2.67. The van der Waals surface area contributed by atoms with Gasteiger partial charge in [0.25, 0.3) is 0 Å². The fourth-order valence-corrected chi connectivity index (χ4v) is 5.04. The molecule has 0 amide bonds. The van der Waals surface area contributed by atoms with Crippen LogP contribution in [0.5, 0.6) is 0 Å². The van der Waals surface area contributed by atoms with Gasteiger partial charge in [-0.15, -0.1) is 0 Å². The first-order chi connectivity index (χ1) is 10.7. The van der Waals surface area contributed by atoms with Crippen molar-refractivity contribution in [3.8, 4) is 0 Å². The summed E-state index contributed by atoms with van der Waals surface area (Å²) in [5, 5.41) is 0. The van der Waals surface area contributed by atoms with Gasteiger partial charge in [-0.05, 0) is 43.4 Å². The molecule has 2 heteroatoms. The summed E-state index contributed by atoms with van der Waals surface area (Å²) >= 11 is 0. The molecule has 0 aromatic rings. The Morgan fingerprint density at radius 2 is 1.41 bits per heavy atom. The molecule has 22 heavy (non-hydrogen) atoms. The normalized spacial score (nSPS) is 28.0. The summed E-state index contributed by atoms with van der Waals surface area (Å²) in [7, 11) is 3.74. The monoisotopic (exact) mass is 310 g/mol. The molecule has 2 rings (SSSR count). The molecule has 2 aliphatic rings. The van der Waals surface area contributed by atoms with Crippen molar-refractivity contribution < 1.29 is 9.47 Å². The Morgan fingerprint density at radius 1 is 0.818 bits per heavy atom. The maximum atomic E-state index is 5.70. The molecule has 0 N–H and O–H groups in total. The van der Waals surface area contributed by atoms with Crippen molar-refractivity contribution in [1.29, 1.82) is 0 Å². The van der Waals surface area contributed by atoms with Gasteiger partial charge in [-0.2, -0.15) is 0 Å². The third kappa shape index (κ3) is 4.96. The Balaban J connectivity index is 1.98. The predicted octanol–water partition coefficient (Wildman–Crippen LogP) is 5.45. The minimum absolute atomic E-state index is 0.265. The summed E-state index contributed by atoms with van der Waals surface area (Å²) in [5.41, 5.74) is 0.265. The van der Waals surface area contributed by atoms with Crippen molar-refractivity contribution in [3.05, 3.63) is 0 Å². The van der Waals surface area contributed by atoms with E-state index in [1.165, 1.54) is 70.6 Å². The summed E-state index contributed by atoms with van der Waals surface area (Å²) in [4.78, 5) is 0. The molecule has 0 atom stereocenters. The van der Waals surface area contributed by atoms with E-state index in [0.29, 0.717) is 0 Å². The lowest BCUT2D eigenvalue weighted by atomic mass is 9.64. The maximum Gasteiger partial charge on any atom is 0.0543 e. The fraction of sp³-hybridized carbons (Fsp3) is 1.00. The summed E-state index contributed by atoms with van der Waals surface area (Å²) < 4.78 is 11.4. The van der Waals surface area contributed by atoms with Crippen LogP contribution in [0.3, 0.4) is 0 Å². The Labute approximate surface area is 138 Å². The lowest BCUT2D eigenvalue weighted by Crippen LogP contribution is -2.41. The standard InChI is InChI=1S/C20H38O2/c1-17-9-11-19(12-10-17)20(15-21-2,16-22-3)14-13-18-7-5-4-6-8-18/h17-19H,4-16H2,1-3H3. The van der Waals surface area contributed by atoms with Gasteiger partial charge in [0.05, 0.1) is 13.2 Å². The van der Waals surface area contributed by atoms with Gasteiger partial charge in [-0.3, -0.25) is 0 Å². The van der Waals surface area contributed by atoms with Gasteiger partial charge in [0.2, 0.25) is 0 Å². The number of ether oxygens (including phenoxy) is 2. The highest BCUT2D eigenvalue weighted by atomic mass is 16.5. The molecule has 0 bridgehead atoms. The van der Waals surface area contributed by atoms with E-state index >= 15 is 0 Å². The molecule has 2 saturated carbocycles. The van der Waals surface area contributed by atoms with E-state index < -0.39 is 0 Å². The number of rotatable bonds is 8. The smallest absolute Gasteiger partial charge is 0.0543 e. The quantitative estimate of drug-likeness (QED) is 0.593. The second-order valence-corrected chi connectivity index (χ2v) is 8.23. The summed E-state index contributed by atoms with van der Waals surface area (Å²) in [6.45, 7) is 4.17. The van der Waals surface area contributed by atoms with E-state index in [-0.39, 0.29) is 5.41 Å². The van der Waals surface area contributed by atoms with Crippen LogP contribution in [0, 0.1) is 23.2 Å². The number of hydrogen-bond donors (Lipinski definition) is 0. The van der Waals surface area contributed by atoms with E-state index in [0.717, 1.165) is 31.0 Å². The molecule has 130 valence electrons. The van der Waals surface area contributed by atoms with Crippen molar-refractivity contribution in [3.63, 3.8) is 0 Å². The van der Waals surface area contributed by atoms with Crippen LogP contribution in [-0.4, -0.2) is 27.4 Å². The minimum Gasteiger partial charge on any atom is -0.384 e. The summed E-state index contributed by atoms with van der Waals surface area (Å²) in [6, 6.07) is 0. The van der Waals surface area contributed by atoms with Gasteiger partial charge in [-0.25, -0.2) is 0 Å². The Morgan fingerprint density at radius 3 is 1.95 bits per heavy atom. The minimum atomic E-state index is 0.265. The van der Waals surface area contributed by atoms with Crippen LogP contribution in [0.25, 0.3) is 0 Å². The molecule has 0 unspecified atom stereocenters. The summed E-state index contributed by atoms with van der Waals surface area (Å²) in [6.07, 6.45) is 15.5. The van der Waals surface area contributed by atoms with Crippen LogP contribution in [0.1, 0.15) is 77.6 Å². The second kappa shape index (κ2) is 9.27. The van der Waals surface area contributed by atoms with Crippen LogP contribution in [0.15, 0.2) is 0 Å². The van der Waals surface area contributed by atoms with E-state index in [4.69, 9.17) is 9.47 Å². The molecular formula is C20H38O2. The van der Waals surface area contributed by atoms with Gasteiger partial charge in [-0.1, -0.05) is 51.9 Å². The van der Waals surface area contributed by atoms with E-state index in [1.54, 1.807) is 0 Å². The topological polar surface area (TPSA) is 18.5 Å². The van der Waals surface area contributed by atoms with E-state index in [1.807, 2.05) is 14.2 Å². The fourth-order valence-electron chi connectivity index (χ4n) is 5.04. The zero-order valence-corrected chi connectivity index (χ0v) is 15.2. The third-order valence-corrected chi connectivity index (χ3v) is 6.52. The maximum absolute atomic E-state index is 5.70. The third-order valence-electron chi connectivity index (χ3n) is 6.52. The average Bonchev–Trinajstić information content (AvgIpc) is 2.55. The highest BCUT2D eigenvalue weighted by molar-refractivity contribution is 4.90. The predicted molar refractivity (Wildman–Crippen MR) is 93.1 cm³/mol. The molecule has 2 aliphatic carbocycles. The zero-order valence-electron chi connectivity index (χ0n) is 15.2. The highest BCUT2D eigenvalue weighted by Gasteiger charge is 2.40. The molecule has 0 saturated heterocycles. The Kier molecular flexibility index (Phi) is 7.70. The average molecular weight is 311 g/mol. The molecule has 2 nitrogen and oxygen atoms in total. The molecule has 2 fully saturated rings. The molecular weight excluding hydrogens is 272 g/mol. The van der Waals surface area contributed by atoms with Gasteiger partial charge >= 0.3 is 0 Å². The second-order valence-electron chi connectivity index (χ2n) is 8.23. The Hall–Kier alpha value is -0.0800. The SMILES string of the molecule is COCC(CCC1CCCCC1)(COC)C1CCC(C)CC1. The van der Waals surface area contributed by atoms with Gasteiger partial charge in [0.1, 0.15) is 0 Å². The van der Waals surface area contributed by atoms with Gasteiger partial charge in [0, 0.05) is 19.6 Å². The van der Waals surface area contributed by atoms with Crippen LogP contribution in [-0.2, 0) is 9.47 Å². The highest BCUT2D eigenvalue weighted by Crippen LogP contribution is 2.45.